The Morgan fingerprint density at radius 1 is 1.32 bits per heavy atom. The first kappa shape index (κ1) is 14.3. The molecule has 0 radical (unpaired) electrons. The summed E-state index contributed by atoms with van der Waals surface area (Å²) in [7, 11) is 0. The van der Waals surface area contributed by atoms with Crippen molar-refractivity contribution in [1.82, 2.24) is 10.3 Å². The summed E-state index contributed by atoms with van der Waals surface area (Å²) in [6, 6.07) is 6.20. The van der Waals surface area contributed by atoms with Crippen molar-refractivity contribution in [2.75, 3.05) is 0 Å². The number of aromatic nitrogens is 1. The average molecular weight is 323 g/mol. The third-order valence-corrected chi connectivity index (χ3v) is 3.49. The molecule has 0 aliphatic rings. The predicted octanol–water partition coefficient (Wildman–Crippen LogP) is 4.30. The van der Waals surface area contributed by atoms with E-state index in [2.05, 4.69) is 66.1 Å². The van der Waals surface area contributed by atoms with Crippen LogP contribution in [0.25, 0.3) is 11.3 Å². The zero-order valence-electron chi connectivity index (χ0n) is 11.7. The van der Waals surface area contributed by atoms with Gasteiger partial charge in [0.2, 0.25) is 0 Å². The molecule has 4 heteroatoms. The van der Waals surface area contributed by atoms with Crippen LogP contribution in [0.15, 0.2) is 33.5 Å². The normalized spacial score (nSPS) is 11.8. The number of aryl methyl sites for hydroxylation is 1. The summed E-state index contributed by atoms with van der Waals surface area (Å²) in [6.45, 7) is 9.16. The zero-order chi connectivity index (χ0) is 14.0. The van der Waals surface area contributed by atoms with Crippen molar-refractivity contribution in [3.05, 3.63) is 40.3 Å². The van der Waals surface area contributed by atoms with E-state index in [-0.39, 0.29) is 5.54 Å². The first-order valence-corrected chi connectivity index (χ1v) is 7.10. The molecule has 0 aliphatic heterocycles. The molecule has 0 atom stereocenters. The average Bonchev–Trinajstić information content (AvgIpc) is 2.77. The van der Waals surface area contributed by atoms with Crippen LogP contribution in [0.5, 0.6) is 0 Å². The van der Waals surface area contributed by atoms with Gasteiger partial charge in [0.05, 0.1) is 0 Å². The maximum Gasteiger partial charge on any atom is 0.181 e. The minimum absolute atomic E-state index is 0.0556. The van der Waals surface area contributed by atoms with Gasteiger partial charge in [-0.1, -0.05) is 27.6 Å². The van der Waals surface area contributed by atoms with Crippen LogP contribution in [-0.4, -0.2) is 10.5 Å². The molecule has 1 N–H and O–H groups in total. The Balaban J connectivity index is 2.31. The van der Waals surface area contributed by atoms with Crippen molar-refractivity contribution in [2.45, 2.75) is 39.8 Å². The van der Waals surface area contributed by atoms with Crippen LogP contribution in [-0.2, 0) is 6.54 Å². The number of hydrogen-bond acceptors (Lipinski definition) is 3. The van der Waals surface area contributed by atoms with Crippen molar-refractivity contribution in [3.63, 3.8) is 0 Å². The second-order valence-corrected chi connectivity index (χ2v) is 6.57. The predicted molar refractivity (Wildman–Crippen MR) is 81.0 cm³/mol. The van der Waals surface area contributed by atoms with Gasteiger partial charge < -0.3 is 9.73 Å². The number of nitrogens with zero attached hydrogens (tertiary/aromatic N) is 1. The van der Waals surface area contributed by atoms with E-state index in [0.717, 1.165) is 21.5 Å². The van der Waals surface area contributed by atoms with E-state index in [4.69, 9.17) is 4.42 Å². The van der Waals surface area contributed by atoms with Crippen molar-refractivity contribution in [3.8, 4) is 11.3 Å². The molecule has 2 aromatic rings. The van der Waals surface area contributed by atoms with Crippen LogP contribution in [0.4, 0.5) is 0 Å². The third kappa shape index (κ3) is 3.67. The fraction of sp³-hybridized carbons (Fsp3) is 0.400. The summed E-state index contributed by atoms with van der Waals surface area (Å²) in [4.78, 5) is 4.32. The van der Waals surface area contributed by atoms with Crippen molar-refractivity contribution in [1.29, 1.82) is 0 Å². The molecule has 0 spiro atoms. The van der Waals surface area contributed by atoms with Crippen LogP contribution in [0.1, 0.15) is 32.0 Å². The Kier molecular flexibility index (Phi) is 4.11. The lowest BCUT2D eigenvalue weighted by atomic mass is 10.1. The molecule has 0 bridgehead atoms. The van der Waals surface area contributed by atoms with Crippen LogP contribution >= 0.6 is 15.9 Å². The lowest BCUT2D eigenvalue weighted by molar-refractivity contribution is 0.421. The Hall–Kier alpha value is -1.13. The van der Waals surface area contributed by atoms with E-state index in [9.17, 15) is 0 Å². The van der Waals surface area contributed by atoms with E-state index < -0.39 is 0 Å². The number of halogens is 1. The second kappa shape index (κ2) is 5.47. The highest BCUT2D eigenvalue weighted by Crippen LogP contribution is 2.31. The number of oxazole rings is 1. The highest BCUT2D eigenvalue weighted by atomic mass is 79.9. The quantitative estimate of drug-likeness (QED) is 0.915. The minimum atomic E-state index is 0.0556. The first-order valence-electron chi connectivity index (χ1n) is 6.31. The Morgan fingerprint density at radius 2 is 2.05 bits per heavy atom. The van der Waals surface area contributed by atoms with E-state index in [1.807, 2.05) is 6.07 Å². The van der Waals surface area contributed by atoms with Crippen molar-refractivity contribution in [2.24, 2.45) is 0 Å². The van der Waals surface area contributed by atoms with Crippen molar-refractivity contribution >= 4 is 15.9 Å². The highest BCUT2D eigenvalue weighted by molar-refractivity contribution is 9.10. The molecule has 0 aliphatic carbocycles. The Bertz CT molecular complexity index is 570. The molecule has 2 rings (SSSR count). The number of hydrogen-bond donors (Lipinski definition) is 1. The number of nitrogens with one attached hydrogen (secondary N) is 1. The van der Waals surface area contributed by atoms with Gasteiger partial charge in [-0.05, 0) is 39.8 Å². The highest BCUT2D eigenvalue weighted by Gasteiger charge is 2.16. The summed E-state index contributed by atoms with van der Waals surface area (Å²) in [5.41, 5.74) is 3.23. The fourth-order valence-corrected chi connectivity index (χ4v) is 2.20. The maximum absolute atomic E-state index is 5.57. The lowest BCUT2D eigenvalue weighted by Crippen LogP contribution is -2.35. The van der Waals surface area contributed by atoms with Gasteiger partial charge >= 0.3 is 0 Å². The monoisotopic (exact) mass is 322 g/mol. The van der Waals surface area contributed by atoms with Gasteiger partial charge in [-0.25, -0.2) is 4.98 Å². The van der Waals surface area contributed by atoms with E-state index in [1.54, 1.807) is 0 Å². The van der Waals surface area contributed by atoms with Gasteiger partial charge in [-0.2, -0.15) is 0 Å². The van der Waals surface area contributed by atoms with E-state index >= 15 is 0 Å². The molecular formula is C15H19BrN2O. The van der Waals surface area contributed by atoms with Gasteiger partial charge in [0, 0.05) is 22.1 Å². The molecular weight excluding hydrogens is 304 g/mol. The fourth-order valence-electron chi connectivity index (χ4n) is 1.78. The summed E-state index contributed by atoms with van der Waals surface area (Å²) in [5, 5.41) is 3.43. The maximum atomic E-state index is 5.57. The summed E-state index contributed by atoms with van der Waals surface area (Å²) in [6.07, 6.45) is 1.50. The molecule has 0 amide bonds. The van der Waals surface area contributed by atoms with Crippen LogP contribution in [0, 0.1) is 6.92 Å². The number of rotatable bonds is 3. The minimum Gasteiger partial charge on any atom is -0.443 e. The largest absolute Gasteiger partial charge is 0.443 e. The SMILES string of the molecule is Cc1ccc(Br)c(-c2ocnc2CNC(C)(C)C)c1. The van der Waals surface area contributed by atoms with Gasteiger partial charge in [-0.15, -0.1) is 0 Å². The Morgan fingerprint density at radius 3 is 2.74 bits per heavy atom. The topological polar surface area (TPSA) is 38.1 Å². The van der Waals surface area contributed by atoms with E-state index in [0.29, 0.717) is 6.54 Å². The molecule has 0 saturated heterocycles. The summed E-state index contributed by atoms with van der Waals surface area (Å²) in [5.74, 6) is 0.826. The first-order chi connectivity index (χ1) is 8.87. The van der Waals surface area contributed by atoms with Gasteiger partial charge in [-0.3, -0.25) is 0 Å². The van der Waals surface area contributed by atoms with Crippen LogP contribution < -0.4 is 5.32 Å². The number of benzene rings is 1. The van der Waals surface area contributed by atoms with Crippen LogP contribution in [0.3, 0.4) is 0 Å². The van der Waals surface area contributed by atoms with E-state index in [1.165, 1.54) is 12.0 Å². The van der Waals surface area contributed by atoms with Crippen LogP contribution in [0.2, 0.25) is 0 Å². The molecule has 0 fully saturated rings. The van der Waals surface area contributed by atoms with Gasteiger partial charge in [0.1, 0.15) is 5.69 Å². The standard InChI is InChI=1S/C15H19BrN2O/c1-10-5-6-12(16)11(7-10)14-13(17-9-19-14)8-18-15(2,3)4/h5-7,9,18H,8H2,1-4H3. The van der Waals surface area contributed by atoms with Gasteiger partial charge in [0.25, 0.3) is 0 Å². The molecule has 0 saturated carbocycles. The molecule has 1 aromatic carbocycles. The second-order valence-electron chi connectivity index (χ2n) is 5.72. The smallest absolute Gasteiger partial charge is 0.181 e. The summed E-state index contributed by atoms with van der Waals surface area (Å²) < 4.78 is 6.59. The van der Waals surface area contributed by atoms with Crippen molar-refractivity contribution < 1.29 is 4.42 Å². The molecule has 1 heterocycles. The lowest BCUT2D eigenvalue weighted by Gasteiger charge is -2.19. The van der Waals surface area contributed by atoms with Gasteiger partial charge in [0.15, 0.2) is 12.2 Å². The molecule has 1 aromatic heterocycles. The molecule has 19 heavy (non-hydrogen) atoms. The molecule has 102 valence electrons. The third-order valence-electron chi connectivity index (χ3n) is 2.79. The zero-order valence-corrected chi connectivity index (χ0v) is 13.3. The summed E-state index contributed by atoms with van der Waals surface area (Å²) >= 11 is 3.57. The molecule has 0 unspecified atom stereocenters. The Labute approximate surface area is 122 Å². The molecule has 3 nitrogen and oxygen atoms in total.